The Morgan fingerprint density at radius 2 is 1.38 bits per heavy atom. The van der Waals surface area contributed by atoms with E-state index in [0.717, 1.165) is 11.3 Å². The topological polar surface area (TPSA) is 55.8 Å². The van der Waals surface area contributed by atoms with Crippen molar-refractivity contribution in [3.8, 4) is 17.2 Å². The first-order chi connectivity index (χ1) is 13.8. The number of benzene rings is 3. The maximum atomic E-state index is 11.7. The van der Waals surface area contributed by atoms with Crippen molar-refractivity contribution in [2.24, 2.45) is 0 Å². The van der Waals surface area contributed by atoms with Crippen LogP contribution in [0.2, 0.25) is 0 Å². The molecule has 150 valence electrons. The van der Waals surface area contributed by atoms with Crippen LogP contribution in [0, 0.1) is 0 Å². The fourth-order valence-electron chi connectivity index (χ4n) is 2.91. The van der Waals surface area contributed by atoms with E-state index in [4.69, 9.17) is 9.47 Å². The Hall–Kier alpha value is -3.27. The average molecular weight is 390 g/mol. The Kier molecular flexibility index (Phi) is 6.23. The van der Waals surface area contributed by atoms with E-state index in [0.29, 0.717) is 11.5 Å². The molecule has 0 unspecified atom stereocenters. The molecule has 0 aliphatic heterocycles. The summed E-state index contributed by atoms with van der Waals surface area (Å²) in [6, 6.07) is 24.5. The van der Waals surface area contributed by atoms with E-state index in [1.54, 1.807) is 0 Å². The standard InChI is InChI=1S/C25H26O4/c1-25(2,3)19-11-15-22(16-12-19)29-23(24(26)27)17-18-9-13-21(14-10-18)28-20-7-5-4-6-8-20/h4-16,23H,17H2,1-3H3,(H,26,27)/t23-/m0/s1. The van der Waals surface area contributed by atoms with Crippen LogP contribution in [0.5, 0.6) is 17.2 Å². The van der Waals surface area contributed by atoms with Gasteiger partial charge in [-0.15, -0.1) is 0 Å². The zero-order valence-electron chi connectivity index (χ0n) is 17.0. The van der Waals surface area contributed by atoms with Gasteiger partial charge in [0.25, 0.3) is 0 Å². The van der Waals surface area contributed by atoms with Gasteiger partial charge in [0.15, 0.2) is 6.10 Å². The van der Waals surface area contributed by atoms with E-state index in [2.05, 4.69) is 20.8 Å². The lowest BCUT2D eigenvalue weighted by Crippen LogP contribution is -2.29. The van der Waals surface area contributed by atoms with Crippen LogP contribution in [0.1, 0.15) is 31.9 Å². The quantitative estimate of drug-likeness (QED) is 0.550. The predicted molar refractivity (Wildman–Crippen MR) is 114 cm³/mol. The van der Waals surface area contributed by atoms with Crippen LogP contribution in [-0.4, -0.2) is 17.2 Å². The number of aliphatic carboxylic acids is 1. The van der Waals surface area contributed by atoms with Crippen molar-refractivity contribution in [3.05, 3.63) is 90.0 Å². The van der Waals surface area contributed by atoms with Gasteiger partial charge in [0.1, 0.15) is 17.2 Å². The first-order valence-corrected chi connectivity index (χ1v) is 9.63. The third-order valence-corrected chi connectivity index (χ3v) is 4.60. The molecule has 0 amide bonds. The molecule has 0 radical (unpaired) electrons. The maximum absolute atomic E-state index is 11.7. The van der Waals surface area contributed by atoms with Crippen LogP contribution in [0.25, 0.3) is 0 Å². The molecule has 3 aromatic carbocycles. The lowest BCUT2D eigenvalue weighted by molar-refractivity contribution is -0.145. The summed E-state index contributed by atoms with van der Waals surface area (Å²) in [4.78, 5) is 11.7. The summed E-state index contributed by atoms with van der Waals surface area (Å²) in [6.45, 7) is 6.40. The zero-order chi connectivity index (χ0) is 20.9. The number of ether oxygens (including phenoxy) is 2. The Labute approximate surface area is 171 Å². The van der Waals surface area contributed by atoms with Gasteiger partial charge in [0.05, 0.1) is 0 Å². The average Bonchev–Trinajstić information content (AvgIpc) is 2.69. The van der Waals surface area contributed by atoms with Gasteiger partial charge in [-0.3, -0.25) is 0 Å². The molecule has 0 aliphatic carbocycles. The van der Waals surface area contributed by atoms with Crippen LogP contribution in [0.3, 0.4) is 0 Å². The van der Waals surface area contributed by atoms with Gasteiger partial charge < -0.3 is 14.6 Å². The van der Waals surface area contributed by atoms with Gasteiger partial charge in [0, 0.05) is 6.42 Å². The zero-order valence-corrected chi connectivity index (χ0v) is 17.0. The van der Waals surface area contributed by atoms with Crippen molar-refractivity contribution >= 4 is 5.97 Å². The Balaban J connectivity index is 1.65. The molecule has 3 aromatic rings. The normalized spacial score (nSPS) is 12.2. The lowest BCUT2D eigenvalue weighted by Gasteiger charge is -2.20. The number of carbonyl (C=O) groups is 1. The number of hydrogen-bond donors (Lipinski definition) is 1. The van der Waals surface area contributed by atoms with Crippen molar-refractivity contribution < 1.29 is 19.4 Å². The molecular formula is C25H26O4. The predicted octanol–water partition coefficient (Wildman–Crippen LogP) is 5.85. The van der Waals surface area contributed by atoms with Crippen LogP contribution >= 0.6 is 0 Å². The van der Waals surface area contributed by atoms with Crippen molar-refractivity contribution in [1.29, 1.82) is 0 Å². The number of para-hydroxylation sites is 1. The first-order valence-electron chi connectivity index (χ1n) is 9.63. The van der Waals surface area contributed by atoms with Crippen molar-refractivity contribution in [1.82, 2.24) is 0 Å². The third-order valence-electron chi connectivity index (χ3n) is 4.60. The van der Waals surface area contributed by atoms with Crippen LogP contribution in [0.15, 0.2) is 78.9 Å². The molecule has 29 heavy (non-hydrogen) atoms. The molecule has 0 bridgehead atoms. The van der Waals surface area contributed by atoms with Gasteiger partial charge in [-0.05, 0) is 52.9 Å². The molecule has 0 aromatic heterocycles. The highest BCUT2D eigenvalue weighted by Gasteiger charge is 2.21. The number of rotatable bonds is 7. The minimum atomic E-state index is -0.991. The molecule has 0 spiro atoms. The van der Waals surface area contributed by atoms with Crippen LogP contribution < -0.4 is 9.47 Å². The highest BCUT2D eigenvalue weighted by atomic mass is 16.5. The molecule has 0 aliphatic rings. The van der Waals surface area contributed by atoms with E-state index in [9.17, 15) is 9.90 Å². The first kappa shape index (κ1) is 20.5. The second-order valence-corrected chi connectivity index (χ2v) is 7.98. The fourth-order valence-corrected chi connectivity index (χ4v) is 2.91. The highest BCUT2D eigenvalue weighted by Crippen LogP contribution is 2.25. The van der Waals surface area contributed by atoms with Gasteiger partial charge in [-0.25, -0.2) is 4.79 Å². The second-order valence-electron chi connectivity index (χ2n) is 7.98. The minimum Gasteiger partial charge on any atom is -0.478 e. The van der Waals surface area contributed by atoms with Crippen molar-refractivity contribution in [2.75, 3.05) is 0 Å². The summed E-state index contributed by atoms with van der Waals surface area (Å²) in [7, 11) is 0. The van der Waals surface area contributed by atoms with Gasteiger partial charge >= 0.3 is 5.97 Å². The molecule has 0 saturated carbocycles. The number of carboxylic acids is 1. The second kappa shape index (κ2) is 8.82. The smallest absolute Gasteiger partial charge is 0.345 e. The molecule has 4 heteroatoms. The summed E-state index contributed by atoms with van der Waals surface area (Å²) in [5.74, 6) is 1.01. The highest BCUT2D eigenvalue weighted by molar-refractivity contribution is 5.73. The van der Waals surface area contributed by atoms with E-state index in [-0.39, 0.29) is 11.8 Å². The summed E-state index contributed by atoms with van der Waals surface area (Å²) >= 11 is 0. The van der Waals surface area contributed by atoms with Gasteiger partial charge in [0.2, 0.25) is 0 Å². The molecule has 3 rings (SSSR count). The minimum absolute atomic E-state index is 0.0360. The molecule has 1 atom stereocenters. The summed E-state index contributed by atoms with van der Waals surface area (Å²) < 4.78 is 11.5. The summed E-state index contributed by atoms with van der Waals surface area (Å²) in [5.41, 5.74) is 2.07. The van der Waals surface area contributed by atoms with E-state index in [1.165, 1.54) is 5.56 Å². The van der Waals surface area contributed by atoms with E-state index in [1.807, 2.05) is 78.9 Å². The van der Waals surface area contributed by atoms with Crippen LogP contribution in [0.4, 0.5) is 0 Å². The molecule has 0 saturated heterocycles. The Morgan fingerprint density at radius 1 is 0.828 bits per heavy atom. The molecule has 1 N–H and O–H groups in total. The number of hydrogen-bond acceptors (Lipinski definition) is 3. The van der Waals surface area contributed by atoms with Gasteiger partial charge in [-0.2, -0.15) is 0 Å². The maximum Gasteiger partial charge on any atom is 0.345 e. The van der Waals surface area contributed by atoms with E-state index < -0.39 is 12.1 Å². The molecule has 0 heterocycles. The lowest BCUT2D eigenvalue weighted by atomic mass is 9.87. The Morgan fingerprint density at radius 3 is 1.93 bits per heavy atom. The van der Waals surface area contributed by atoms with Gasteiger partial charge in [-0.1, -0.05) is 63.2 Å². The van der Waals surface area contributed by atoms with Crippen molar-refractivity contribution in [2.45, 2.75) is 38.7 Å². The molecule has 0 fully saturated rings. The molecule has 4 nitrogen and oxygen atoms in total. The Bertz CT molecular complexity index is 923. The summed E-state index contributed by atoms with van der Waals surface area (Å²) in [6.07, 6.45) is -0.696. The SMILES string of the molecule is CC(C)(C)c1ccc(O[C@@H](Cc2ccc(Oc3ccccc3)cc2)C(=O)O)cc1. The van der Waals surface area contributed by atoms with Crippen molar-refractivity contribution in [3.63, 3.8) is 0 Å². The van der Waals surface area contributed by atoms with E-state index >= 15 is 0 Å². The summed E-state index contributed by atoms with van der Waals surface area (Å²) in [5, 5.41) is 9.58. The largest absolute Gasteiger partial charge is 0.478 e. The number of carboxylic acid groups (broad SMARTS) is 1. The monoisotopic (exact) mass is 390 g/mol. The van der Waals surface area contributed by atoms with Crippen LogP contribution in [-0.2, 0) is 16.6 Å². The third kappa shape index (κ3) is 5.85. The fraction of sp³-hybridized carbons (Fsp3) is 0.240. The molecular weight excluding hydrogens is 364 g/mol.